The highest BCUT2D eigenvalue weighted by molar-refractivity contribution is 8.14. The number of nitrogens with zero attached hydrogens (tertiary/aromatic N) is 1. The van der Waals surface area contributed by atoms with Crippen LogP contribution >= 0.6 is 23.5 Å². The van der Waals surface area contributed by atoms with E-state index in [9.17, 15) is 0 Å². The fraction of sp³-hybridized carbons (Fsp3) is 0.923. The fourth-order valence-electron chi connectivity index (χ4n) is 3.31. The topological polar surface area (TPSA) is 24.4 Å². The minimum Gasteiger partial charge on any atom is -0.359 e. The lowest BCUT2D eigenvalue weighted by atomic mass is 10.0. The third-order valence-corrected chi connectivity index (χ3v) is 6.68. The lowest BCUT2D eigenvalue weighted by molar-refractivity contribution is 0.451. The van der Waals surface area contributed by atoms with Gasteiger partial charge in [0.25, 0.3) is 0 Å². The number of nitrogens with one attached hydrogen (secondary N) is 1. The van der Waals surface area contributed by atoms with Crippen molar-refractivity contribution in [1.82, 2.24) is 5.32 Å². The molecule has 3 rings (SSSR count). The maximum atomic E-state index is 4.95. The molecule has 3 fully saturated rings. The molecule has 1 saturated heterocycles. The van der Waals surface area contributed by atoms with Crippen LogP contribution in [-0.4, -0.2) is 34.0 Å². The van der Waals surface area contributed by atoms with Gasteiger partial charge in [-0.2, -0.15) is 11.8 Å². The molecule has 0 bridgehead atoms. The van der Waals surface area contributed by atoms with Crippen LogP contribution in [0.1, 0.15) is 44.9 Å². The highest BCUT2D eigenvalue weighted by Crippen LogP contribution is 2.38. The van der Waals surface area contributed by atoms with Crippen LogP contribution in [0.4, 0.5) is 0 Å². The maximum Gasteiger partial charge on any atom is 0.157 e. The normalized spacial score (nSPS) is 38.1. The van der Waals surface area contributed by atoms with Crippen LogP contribution in [0.25, 0.3) is 0 Å². The molecule has 4 heteroatoms. The summed E-state index contributed by atoms with van der Waals surface area (Å²) in [5.74, 6) is 1.25. The zero-order valence-electron chi connectivity index (χ0n) is 10.6. The Bertz CT molecular complexity index is 311. The van der Waals surface area contributed by atoms with E-state index in [-0.39, 0.29) is 0 Å². The van der Waals surface area contributed by atoms with Crippen molar-refractivity contribution in [3.8, 4) is 0 Å². The van der Waals surface area contributed by atoms with Crippen molar-refractivity contribution < 1.29 is 0 Å². The first kappa shape index (κ1) is 12.2. The fourth-order valence-corrected chi connectivity index (χ4v) is 5.38. The highest BCUT2D eigenvalue weighted by atomic mass is 32.2. The van der Waals surface area contributed by atoms with E-state index in [0.717, 1.165) is 5.25 Å². The molecule has 2 aliphatic carbocycles. The summed E-state index contributed by atoms with van der Waals surface area (Å²) in [6.07, 6.45) is 11.7. The van der Waals surface area contributed by atoms with Crippen LogP contribution in [0.3, 0.4) is 0 Å². The van der Waals surface area contributed by atoms with Crippen LogP contribution in [0.5, 0.6) is 0 Å². The van der Waals surface area contributed by atoms with Gasteiger partial charge in [0.15, 0.2) is 5.17 Å². The summed E-state index contributed by atoms with van der Waals surface area (Å²) in [5.41, 5.74) is 0.432. The summed E-state index contributed by atoms with van der Waals surface area (Å²) in [6.45, 7) is 0. The van der Waals surface area contributed by atoms with E-state index in [1.54, 1.807) is 0 Å². The van der Waals surface area contributed by atoms with Gasteiger partial charge in [-0.15, -0.1) is 0 Å². The van der Waals surface area contributed by atoms with Crippen LogP contribution in [0.2, 0.25) is 0 Å². The van der Waals surface area contributed by atoms with Crippen molar-refractivity contribution in [2.75, 3.05) is 12.0 Å². The van der Waals surface area contributed by atoms with Gasteiger partial charge in [-0.3, -0.25) is 4.99 Å². The first-order chi connectivity index (χ1) is 8.30. The molecule has 0 amide bonds. The van der Waals surface area contributed by atoms with Crippen LogP contribution in [-0.2, 0) is 0 Å². The lowest BCUT2D eigenvalue weighted by Gasteiger charge is -2.22. The van der Waals surface area contributed by atoms with Crippen molar-refractivity contribution in [2.24, 2.45) is 4.99 Å². The van der Waals surface area contributed by atoms with Crippen molar-refractivity contribution in [3.63, 3.8) is 0 Å². The molecule has 0 aromatic heterocycles. The predicted octanol–water partition coefficient (Wildman–Crippen LogP) is 3.28. The standard InChI is InChI=1S/C13H22N2S2/c1-16-11-5-4-10(8-11)14-12-15-13(9-17-12)6-2-3-7-13/h10-11H,2-9H2,1H3,(H,14,15). The van der Waals surface area contributed by atoms with Crippen LogP contribution in [0, 0.1) is 0 Å². The largest absolute Gasteiger partial charge is 0.359 e. The van der Waals surface area contributed by atoms with E-state index in [2.05, 4.69) is 11.6 Å². The first-order valence-electron chi connectivity index (χ1n) is 6.81. The minimum absolute atomic E-state index is 0.432. The van der Waals surface area contributed by atoms with Gasteiger partial charge >= 0.3 is 0 Å². The summed E-state index contributed by atoms with van der Waals surface area (Å²) in [5, 5.41) is 5.84. The molecular weight excluding hydrogens is 248 g/mol. The van der Waals surface area contributed by atoms with E-state index in [4.69, 9.17) is 4.99 Å². The van der Waals surface area contributed by atoms with E-state index in [1.165, 1.54) is 55.9 Å². The third-order valence-electron chi connectivity index (χ3n) is 4.41. The molecule has 3 aliphatic rings. The monoisotopic (exact) mass is 270 g/mol. The van der Waals surface area contributed by atoms with E-state index >= 15 is 0 Å². The second kappa shape index (κ2) is 5.04. The average Bonchev–Trinajstić information content (AvgIpc) is 3.03. The molecule has 2 atom stereocenters. The number of hydrogen-bond donors (Lipinski definition) is 1. The Hall–Kier alpha value is 0.170. The molecule has 0 radical (unpaired) electrons. The summed E-state index contributed by atoms with van der Waals surface area (Å²) in [6, 6.07) is 0.596. The van der Waals surface area contributed by atoms with Gasteiger partial charge < -0.3 is 5.32 Å². The van der Waals surface area contributed by atoms with Crippen molar-refractivity contribution in [2.45, 2.75) is 61.8 Å². The third kappa shape index (κ3) is 2.62. The highest BCUT2D eigenvalue weighted by Gasteiger charge is 2.40. The van der Waals surface area contributed by atoms with Crippen molar-refractivity contribution >= 4 is 28.7 Å². The van der Waals surface area contributed by atoms with Crippen LogP contribution in [0.15, 0.2) is 4.99 Å². The molecule has 0 aromatic carbocycles. The Morgan fingerprint density at radius 1 is 1.35 bits per heavy atom. The van der Waals surface area contributed by atoms with E-state index in [0.29, 0.717) is 11.6 Å². The summed E-state index contributed by atoms with van der Waals surface area (Å²) in [4.78, 5) is 4.95. The number of thioether (sulfide) groups is 2. The maximum absolute atomic E-state index is 4.95. The Morgan fingerprint density at radius 3 is 2.88 bits per heavy atom. The second-order valence-corrected chi connectivity index (χ2v) is 7.76. The van der Waals surface area contributed by atoms with Gasteiger partial charge in [0.2, 0.25) is 0 Å². The van der Waals surface area contributed by atoms with E-state index in [1.807, 2.05) is 23.5 Å². The molecule has 0 aromatic rings. The van der Waals surface area contributed by atoms with Crippen molar-refractivity contribution in [1.29, 1.82) is 0 Å². The number of aliphatic imine (C=N–C) groups is 1. The smallest absolute Gasteiger partial charge is 0.157 e. The van der Waals surface area contributed by atoms with E-state index < -0.39 is 0 Å². The zero-order valence-corrected chi connectivity index (χ0v) is 12.2. The Kier molecular flexibility index (Phi) is 3.62. The second-order valence-electron chi connectivity index (χ2n) is 5.66. The minimum atomic E-state index is 0.432. The molecule has 1 heterocycles. The SMILES string of the molecule is CSC1CCC(N=C2NC3(CCCC3)CS2)C1. The van der Waals surface area contributed by atoms with Crippen molar-refractivity contribution in [3.05, 3.63) is 0 Å². The molecule has 2 nitrogen and oxygen atoms in total. The summed E-state index contributed by atoms with van der Waals surface area (Å²) >= 11 is 3.98. The Morgan fingerprint density at radius 2 is 2.18 bits per heavy atom. The molecular formula is C13H22N2S2. The van der Waals surface area contributed by atoms with Gasteiger partial charge in [-0.1, -0.05) is 24.6 Å². The van der Waals surface area contributed by atoms with Gasteiger partial charge in [0.1, 0.15) is 0 Å². The molecule has 2 unspecified atom stereocenters. The average molecular weight is 270 g/mol. The summed E-state index contributed by atoms with van der Waals surface area (Å²) < 4.78 is 0. The first-order valence-corrected chi connectivity index (χ1v) is 9.09. The molecule has 17 heavy (non-hydrogen) atoms. The van der Waals surface area contributed by atoms with Gasteiger partial charge in [0, 0.05) is 16.5 Å². The molecule has 1 aliphatic heterocycles. The van der Waals surface area contributed by atoms with Crippen LogP contribution < -0.4 is 5.32 Å². The quantitative estimate of drug-likeness (QED) is 0.833. The number of amidine groups is 1. The summed E-state index contributed by atoms with van der Waals surface area (Å²) in [7, 11) is 0. The van der Waals surface area contributed by atoms with Gasteiger partial charge in [-0.25, -0.2) is 0 Å². The Balaban J connectivity index is 1.59. The number of hydrogen-bond acceptors (Lipinski definition) is 3. The number of rotatable bonds is 2. The molecule has 96 valence electrons. The lowest BCUT2D eigenvalue weighted by Crippen LogP contribution is -2.40. The molecule has 2 saturated carbocycles. The van der Waals surface area contributed by atoms with Gasteiger partial charge in [0.05, 0.1) is 6.04 Å². The Labute approximate surface area is 113 Å². The molecule has 1 N–H and O–H groups in total. The molecule has 1 spiro atoms. The van der Waals surface area contributed by atoms with Gasteiger partial charge in [-0.05, 0) is 38.4 Å². The predicted molar refractivity (Wildman–Crippen MR) is 79.2 cm³/mol. The zero-order chi connectivity index (χ0) is 11.7.